The lowest BCUT2D eigenvalue weighted by Gasteiger charge is -2.15. The summed E-state index contributed by atoms with van der Waals surface area (Å²) in [5.74, 6) is 0.163. The van der Waals surface area contributed by atoms with Crippen LogP contribution in [0.2, 0.25) is 0 Å². The number of hydrogen-bond acceptors (Lipinski definition) is 4. The van der Waals surface area contributed by atoms with E-state index in [0.717, 1.165) is 17.7 Å². The highest BCUT2D eigenvalue weighted by atomic mass is 16.6. The molecule has 0 bridgehead atoms. The van der Waals surface area contributed by atoms with Crippen LogP contribution in [0.15, 0.2) is 35.5 Å². The lowest BCUT2D eigenvalue weighted by atomic mass is 10.0. The Morgan fingerprint density at radius 2 is 2.24 bits per heavy atom. The van der Waals surface area contributed by atoms with Crippen LogP contribution < -0.4 is 5.32 Å². The number of hydrogen-bond donors (Lipinski definition) is 2. The molecule has 1 aromatic rings. The summed E-state index contributed by atoms with van der Waals surface area (Å²) in [7, 11) is 0. The van der Waals surface area contributed by atoms with E-state index in [1.807, 2.05) is 30.3 Å². The van der Waals surface area contributed by atoms with Crippen molar-refractivity contribution in [3.8, 4) is 0 Å². The van der Waals surface area contributed by atoms with Gasteiger partial charge in [-0.3, -0.25) is 4.79 Å². The van der Waals surface area contributed by atoms with E-state index in [-0.39, 0.29) is 12.5 Å². The summed E-state index contributed by atoms with van der Waals surface area (Å²) in [5, 5.41) is 15.8. The van der Waals surface area contributed by atoms with Gasteiger partial charge in [-0.05, 0) is 17.9 Å². The maximum Gasteiger partial charge on any atom is 0.264 e. The van der Waals surface area contributed by atoms with Gasteiger partial charge in [-0.15, -0.1) is 0 Å². The molecule has 1 heterocycles. The molecule has 114 valence electrons. The number of oxime groups is 1. The van der Waals surface area contributed by atoms with Gasteiger partial charge in [0.05, 0.1) is 5.71 Å². The molecule has 1 aliphatic heterocycles. The molecule has 2 unspecified atom stereocenters. The molecular formula is C16H22N2O3. The zero-order valence-electron chi connectivity index (χ0n) is 12.3. The Bertz CT molecular complexity index is 488. The number of carbonyl (C=O) groups is 1. The minimum absolute atomic E-state index is 0.138. The van der Waals surface area contributed by atoms with Crippen LogP contribution in [0.25, 0.3) is 0 Å². The standard InChI is InChI=1S/C16H22N2O3/c1-2-12(8-9-19)11-17-16(20)15-10-14(18-21-15)13-6-4-3-5-7-13/h3-7,12,15,19H,2,8-11H2,1H3,(H,17,20). The average Bonchev–Trinajstić information content (AvgIpc) is 3.02. The first-order valence-electron chi connectivity index (χ1n) is 7.41. The SMILES string of the molecule is CCC(CCO)CNC(=O)C1CC(c2ccccc2)=NO1. The van der Waals surface area contributed by atoms with Crippen molar-refractivity contribution in [3.63, 3.8) is 0 Å². The van der Waals surface area contributed by atoms with Gasteiger partial charge in [-0.25, -0.2) is 0 Å². The minimum Gasteiger partial charge on any atom is -0.396 e. The third kappa shape index (κ3) is 4.29. The van der Waals surface area contributed by atoms with Gasteiger partial charge in [-0.2, -0.15) is 0 Å². The summed E-state index contributed by atoms with van der Waals surface area (Å²) >= 11 is 0. The molecule has 1 amide bonds. The normalized spacial score (nSPS) is 18.8. The Balaban J connectivity index is 1.81. The Labute approximate surface area is 125 Å². The summed E-state index contributed by atoms with van der Waals surface area (Å²) in [6, 6.07) is 9.72. The number of amides is 1. The van der Waals surface area contributed by atoms with Crippen LogP contribution in [0.5, 0.6) is 0 Å². The first-order chi connectivity index (χ1) is 10.2. The van der Waals surface area contributed by atoms with Gasteiger partial charge in [0, 0.05) is 19.6 Å². The van der Waals surface area contributed by atoms with Crippen molar-refractivity contribution in [3.05, 3.63) is 35.9 Å². The van der Waals surface area contributed by atoms with Crippen LogP contribution in [0.1, 0.15) is 31.7 Å². The average molecular weight is 290 g/mol. The lowest BCUT2D eigenvalue weighted by Crippen LogP contribution is -2.37. The second-order valence-corrected chi connectivity index (χ2v) is 5.23. The van der Waals surface area contributed by atoms with E-state index in [0.29, 0.717) is 25.3 Å². The van der Waals surface area contributed by atoms with Crippen LogP contribution >= 0.6 is 0 Å². The fourth-order valence-corrected chi connectivity index (χ4v) is 2.31. The van der Waals surface area contributed by atoms with E-state index in [9.17, 15) is 4.79 Å². The Morgan fingerprint density at radius 3 is 2.90 bits per heavy atom. The minimum atomic E-state index is -0.549. The lowest BCUT2D eigenvalue weighted by molar-refractivity contribution is -0.131. The topological polar surface area (TPSA) is 70.9 Å². The molecule has 1 aliphatic rings. The molecule has 21 heavy (non-hydrogen) atoms. The van der Waals surface area contributed by atoms with E-state index in [1.54, 1.807) is 0 Å². The quantitative estimate of drug-likeness (QED) is 0.803. The predicted molar refractivity (Wildman–Crippen MR) is 81.0 cm³/mol. The summed E-state index contributed by atoms with van der Waals surface area (Å²) < 4.78 is 0. The second-order valence-electron chi connectivity index (χ2n) is 5.23. The Hall–Kier alpha value is -1.88. The highest BCUT2D eigenvalue weighted by Gasteiger charge is 2.28. The van der Waals surface area contributed by atoms with E-state index in [4.69, 9.17) is 9.94 Å². The molecule has 0 radical (unpaired) electrons. The van der Waals surface area contributed by atoms with Gasteiger partial charge in [0.2, 0.25) is 6.10 Å². The molecular weight excluding hydrogens is 268 g/mol. The monoisotopic (exact) mass is 290 g/mol. The van der Waals surface area contributed by atoms with Crippen LogP contribution in [-0.4, -0.2) is 36.0 Å². The molecule has 5 nitrogen and oxygen atoms in total. The van der Waals surface area contributed by atoms with E-state index in [2.05, 4.69) is 17.4 Å². The first kappa shape index (κ1) is 15.5. The fourth-order valence-electron chi connectivity index (χ4n) is 2.31. The number of rotatable bonds is 7. The van der Waals surface area contributed by atoms with E-state index >= 15 is 0 Å². The van der Waals surface area contributed by atoms with Crippen molar-refractivity contribution in [2.24, 2.45) is 11.1 Å². The smallest absolute Gasteiger partial charge is 0.264 e. The van der Waals surface area contributed by atoms with E-state index < -0.39 is 6.10 Å². The second kappa shape index (κ2) is 7.78. The molecule has 2 N–H and O–H groups in total. The predicted octanol–water partition coefficient (Wildman–Crippen LogP) is 1.70. The highest BCUT2D eigenvalue weighted by molar-refractivity contribution is 6.04. The molecule has 0 fully saturated rings. The molecule has 1 aromatic carbocycles. The van der Waals surface area contributed by atoms with Crippen LogP contribution in [0.4, 0.5) is 0 Å². The van der Waals surface area contributed by atoms with Crippen molar-refractivity contribution < 1.29 is 14.7 Å². The number of nitrogens with zero attached hydrogens (tertiary/aromatic N) is 1. The third-order valence-corrected chi connectivity index (χ3v) is 3.75. The molecule has 5 heteroatoms. The molecule has 2 rings (SSSR count). The van der Waals surface area contributed by atoms with Crippen LogP contribution in [-0.2, 0) is 9.63 Å². The maximum absolute atomic E-state index is 12.1. The van der Waals surface area contributed by atoms with Crippen molar-refractivity contribution in [2.45, 2.75) is 32.3 Å². The number of carbonyl (C=O) groups excluding carboxylic acids is 1. The van der Waals surface area contributed by atoms with Crippen molar-refractivity contribution in [2.75, 3.05) is 13.2 Å². The van der Waals surface area contributed by atoms with Crippen molar-refractivity contribution in [1.82, 2.24) is 5.32 Å². The number of aliphatic hydroxyl groups excluding tert-OH is 1. The fraction of sp³-hybridized carbons (Fsp3) is 0.500. The molecule has 0 aliphatic carbocycles. The summed E-state index contributed by atoms with van der Waals surface area (Å²) in [5.41, 5.74) is 1.79. The molecule has 0 saturated heterocycles. The zero-order chi connectivity index (χ0) is 15.1. The molecule has 2 atom stereocenters. The number of aliphatic hydroxyl groups is 1. The third-order valence-electron chi connectivity index (χ3n) is 3.75. The zero-order valence-corrected chi connectivity index (χ0v) is 12.3. The molecule has 0 aromatic heterocycles. The maximum atomic E-state index is 12.1. The highest BCUT2D eigenvalue weighted by Crippen LogP contribution is 2.17. The summed E-state index contributed by atoms with van der Waals surface area (Å²) in [6.07, 6.45) is 1.57. The van der Waals surface area contributed by atoms with Crippen molar-refractivity contribution in [1.29, 1.82) is 0 Å². The Morgan fingerprint density at radius 1 is 1.48 bits per heavy atom. The summed E-state index contributed by atoms with van der Waals surface area (Å²) in [6.45, 7) is 2.77. The first-order valence-corrected chi connectivity index (χ1v) is 7.41. The van der Waals surface area contributed by atoms with E-state index in [1.165, 1.54) is 0 Å². The Kier molecular flexibility index (Phi) is 5.75. The van der Waals surface area contributed by atoms with Gasteiger partial charge in [-0.1, -0.05) is 48.8 Å². The van der Waals surface area contributed by atoms with Crippen LogP contribution in [0, 0.1) is 5.92 Å². The molecule has 0 saturated carbocycles. The number of nitrogens with one attached hydrogen (secondary N) is 1. The van der Waals surface area contributed by atoms with Crippen LogP contribution in [0.3, 0.4) is 0 Å². The number of benzene rings is 1. The van der Waals surface area contributed by atoms with Crippen molar-refractivity contribution >= 4 is 11.6 Å². The molecule has 0 spiro atoms. The largest absolute Gasteiger partial charge is 0.396 e. The van der Waals surface area contributed by atoms with Gasteiger partial charge in [0.1, 0.15) is 0 Å². The summed E-state index contributed by atoms with van der Waals surface area (Å²) in [4.78, 5) is 17.3. The van der Waals surface area contributed by atoms with Gasteiger partial charge >= 0.3 is 0 Å². The van der Waals surface area contributed by atoms with Gasteiger partial charge < -0.3 is 15.3 Å². The van der Waals surface area contributed by atoms with Gasteiger partial charge in [0.25, 0.3) is 5.91 Å². The van der Waals surface area contributed by atoms with Gasteiger partial charge in [0.15, 0.2) is 0 Å².